The van der Waals surface area contributed by atoms with Crippen LogP contribution in [0.15, 0.2) is 65.1 Å². The number of rotatable bonds is 3. The fourth-order valence-electron chi connectivity index (χ4n) is 2.26. The highest BCUT2D eigenvalue weighted by atomic mass is 79.9. The molecule has 2 nitrogen and oxygen atoms in total. The number of halogens is 1. The third-order valence-corrected chi connectivity index (χ3v) is 4.03. The number of aliphatic hydroxyl groups is 1. The normalized spacial score (nSPS) is 12.3. The Kier molecular flexibility index (Phi) is 3.95. The smallest absolute Gasteiger partial charge is 0.141 e. The number of hydrogen-bond donors (Lipinski definition) is 1. The Morgan fingerprint density at radius 1 is 0.952 bits per heavy atom. The molecule has 0 aromatic heterocycles. The molecule has 1 atom stereocenters. The molecule has 0 aliphatic rings. The molecule has 0 saturated carbocycles. The Hall–Kier alpha value is -1.84. The van der Waals surface area contributed by atoms with Crippen molar-refractivity contribution in [1.82, 2.24) is 0 Å². The summed E-state index contributed by atoms with van der Waals surface area (Å²) in [5.41, 5.74) is 0.854. The predicted molar refractivity (Wildman–Crippen MR) is 88.8 cm³/mol. The second kappa shape index (κ2) is 5.88. The second-order valence-electron chi connectivity index (χ2n) is 4.95. The van der Waals surface area contributed by atoms with Gasteiger partial charge in [0.05, 0.1) is 10.6 Å². The first kappa shape index (κ1) is 14.1. The molecule has 3 aromatic carbocycles. The molecule has 106 valence electrons. The highest BCUT2D eigenvalue weighted by Gasteiger charge is 2.09. The van der Waals surface area contributed by atoms with E-state index in [0.29, 0.717) is 0 Å². The molecule has 0 unspecified atom stereocenters. The minimum Gasteiger partial charge on any atom is -0.456 e. The van der Waals surface area contributed by atoms with Crippen LogP contribution in [0.25, 0.3) is 10.8 Å². The van der Waals surface area contributed by atoms with Crippen molar-refractivity contribution >= 4 is 26.7 Å². The first-order valence-corrected chi connectivity index (χ1v) is 7.57. The van der Waals surface area contributed by atoms with Crippen LogP contribution in [0.3, 0.4) is 0 Å². The van der Waals surface area contributed by atoms with Gasteiger partial charge in [-0.3, -0.25) is 0 Å². The zero-order valence-electron chi connectivity index (χ0n) is 11.6. The Balaban J connectivity index is 1.99. The molecule has 0 aliphatic carbocycles. The lowest BCUT2D eigenvalue weighted by atomic mass is 10.1. The maximum absolute atomic E-state index is 9.61. The SMILES string of the molecule is C[C@H](O)c1ccc(Oc2cccc3ccccc23)c(Br)c1. The van der Waals surface area contributed by atoms with Crippen LogP contribution in [0.2, 0.25) is 0 Å². The maximum atomic E-state index is 9.61. The van der Waals surface area contributed by atoms with Crippen LogP contribution >= 0.6 is 15.9 Å². The van der Waals surface area contributed by atoms with Crippen LogP contribution in [-0.2, 0) is 0 Å². The van der Waals surface area contributed by atoms with Crippen molar-refractivity contribution in [2.24, 2.45) is 0 Å². The summed E-state index contributed by atoms with van der Waals surface area (Å²) in [6.45, 7) is 1.74. The molecule has 3 aromatic rings. The van der Waals surface area contributed by atoms with E-state index in [-0.39, 0.29) is 0 Å². The minimum atomic E-state index is -0.493. The zero-order valence-corrected chi connectivity index (χ0v) is 13.2. The molecule has 1 N–H and O–H groups in total. The molecule has 3 heteroatoms. The highest BCUT2D eigenvalue weighted by Crippen LogP contribution is 2.35. The Morgan fingerprint density at radius 2 is 1.71 bits per heavy atom. The van der Waals surface area contributed by atoms with Crippen LogP contribution in [0.1, 0.15) is 18.6 Å². The van der Waals surface area contributed by atoms with Crippen molar-refractivity contribution in [2.75, 3.05) is 0 Å². The molecule has 0 bridgehead atoms. The molecule has 0 amide bonds. The average Bonchev–Trinajstić information content (AvgIpc) is 2.49. The van der Waals surface area contributed by atoms with Gasteiger partial charge in [0.25, 0.3) is 0 Å². The van der Waals surface area contributed by atoms with E-state index in [1.165, 1.54) is 0 Å². The summed E-state index contributed by atoms with van der Waals surface area (Å²) < 4.78 is 6.86. The van der Waals surface area contributed by atoms with Crippen molar-refractivity contribution < 1.29 is 9.84 Å². The number of fused-ring (bicyclic) bond motifs is 1. The Bertz CT molecular complexity index is 776. The second-order valence-corrected chi connectivity index (χ2v) is 5.80. The van der Waals surface area contributed by atoms with Crippen LogP contribution in [0.4, 0.5) is 0 Å². The predicted octanol–water partition coefficient (Wildman–Crippen LogP) is 5.45. The van der Waals surface area contributed by atoms with Gasteiger partial charge in [0, 0.05) is 5.39 Å². The third kappa shape index (κ3) is 2.94. The molecule has 0 aliphatic heterocycles. The molecular weight excluding hydrogens is 328 g/mol. The van der Waals surface area contributed by atoms with Gasteiger partial charge in [-0.2, -0.15) is 0 Å². The topological polar surface area (TPSA) is 29.5 Å². The standard InChI is InChI=1S/C18H15BrO2/c1-12(20)14-9-10-18(16(19)11-14)21-17-8-4-6-13-5-2-3-7-15(13)17/h2-12,20H,1H3/t12-/m0/s1. The molecule has 0 spiro atoms. The van der Waals surface area contributed by atoms with Crippen LogP contribution in [0.5, 0.6) is 11.5 Å². The molecule has 3 rings (SSSR count). The molecule has 0 heterocycles. The van der Waals surface area contributed by atoms with Gasteiger partial charge in [0.1, 0.15) is 11.5 Å². The van der Waals surface area contributed by atoms with E-state index in [1.807, 2.05) is 48.5 Å². The molecule has 0 saturated heterocycles. The van der Waals surface area contributed by atoms with Gasteiger partial charge in [0.15, 0.2) is 0 Å². The summed E-state index contributed by atoms with van der Waals surface area (Å²) in [5, 5.41) is 11.8. The summed E-state index contributed by atoms with van der Waals surface area (Å²) in [5.74, 6) is 1.55. The van der Waals surface area contributed by atoms with Crippen molar-refractivity contribution in [3.05, 3.63) is 70.7 Å². The molecular formula is C18H15BrO2. The number of benzene rings is 3. The lowest BCUT2D eigenvalue weighted by molar-refractivity contribution is 0.199. The summed E-state index contributed by atoms with van der Waals surface area (Å²) >= 11 is 3.50. The van der Waals surface area contributed by atoms with E-state index in [9.17, 15) is 5.11 Å². The van der Waals surface area contributed by atoms with Gasteiger partial charge in [-0.05, 0) is 52.0 Å². The van der Waals surface area contributed by atoms with Crippen LogP contribution in [0, 0.1) is 0 Å². The van der Waals surface area contributed by atoms with Crippen LogP contribution in [-0.4, -0.2) is 5.11 Å². The van der Waals surface area contributed by atoms with E-state index in [2.05, 4.69) is 28.1 Å². The Labute approximate surface area is 132 Å². The fraction of sp³-hybridized carbons (Fsp3) is 0.111. The number of aliphatic hydroxyl groups excluding tert-OH is 1. The van der Waals surface area contributed by atoms with Gasteiger partial charge in [-0.1, -0.05) is 42.5 Å². The van der Waals surface area contributed by atoms with E-state index in [0.717, 1.165) is 32.3 Å². The highest BCUT2D eigenvalue weighted by molar-refractivity contribution is 9.10. The van der Waals surface area contributed by atoms with Gasteiger partial charge >= 0.3 is 0 Å². The Morgan fingerprint density at radius 3 is 2.48 bits per heavy atom. The van der Waals surface area contributed by atoms with E-state index in [4.69, 9.17) is 4.74 Å². The zero-order chi connectivity index (χ0) is 14.8. The fourth-order valence-corrected chi connectivity index (χ4v) is 2.74. The van der Waals surface area contributed by atoms with Crippen molar-refractivity contribution in [2.45, 2.75) is 13.0 Å². The van der Waals surface area contributed by atoms with Crippen molar-refractivity contribution in [3.8, 4) is 11.5 Å². The average molecular weight is 343 g/mol. The van der Waals surface area contributed by atoms with E-state index in [1.54, 1.807) is 6.92 Å². The largest absolute Gasteiger partial charge is 0.456 e. The molecule has 0 fully saturated rings. The summed E-state index contributed by atoms with van der Waals surface area (Å²) in [6, 6.07) is 19.7. The van der Waals surface area contributed by atoms with E-state index < -0.39 is 6.10 Å². The first-order chi connectivity index (χ1) is 10.1. The lowest BCUT2D eigenvalue weighted by Crippen LogP contribution is -1.92. The third-order valence-electron chi connectivity index (χ3n) is 3.41. The van der Waals surface area contributed by atoms with Crippen molar-refractivity contribution in [1.29, 1.82) is 0 Å². The first-order valence-electron chi connectivity index (χ1n) is 6.78. The van der Waals surface area contributed by atoms with Gasteiger partial charge < -0.3 is 9.84 Å². The molecule has 21 heavy (non-hydrogen) atoms. The van der Waals surface area contributed by atoms with E-state index >= 15 is 0 Å². The summed E-state index contributed by atoms with van der Waals surface area (Å²) in [7, 11) is 0. The summed E-state index contributed by atoms with van der Waals surface area (Å²) in [6.07, 6.45) is -0.493. The number of ether oxygens (including phenoxy) is 1. The monoisotopic (exact) mass is 342 g/mol. The summed E-state index contributed by atoms with van der Waals surface area (Å²) in [4.78, 5) is 0. The maximum Gasteiger partial charge on any atom is 0.141 e. The van der Waals surface area contributed by atoms with Gasteiger partial charge in [-0.15, -0.1) is 0 Å². The lowest BCUT2D eigenvalue weighted by Gasteiger charge is -2.12. The van der Waals surface area contributed by atoms with Crippen LogP contribution < -0.4 is 4.74 Å². The number of hydrogen-bond acceptors (Lipinski definition) is 2. The van der Waals surface area contributed by atoms with Gasteiger partial charge in [-0.25, -0.2) is 0 Å². The quantitative estimate of drug-likeness (QED) is 0.685. The molecule has 0 radical (unpaired) electrons. The minimum absolute atomic E-state index is 0.493. The van der Waals surface area contributed by atoms with Crippen molar-refractivity contribution in [3.63, 3.8) is 0 Å². The van der Waals surface area contributed by atoms with Gasteiger partial charge in [0.2, 0.25) is 0 Å².